The van der Waals surface area contributed by atoms with Crippen molar-refractivity contribution in [3.8, 4) is 0 Å². The van der Waals surface area contributed by atoms with Gasteiger partial charge in [0.1, 0.15) is 0 Å². The second-order valence-corrected chi connectivity index (χ2v) is 7.76. The maximum atomic E-state index is 11.6. The molecule has 0 aromatic carbocycles. The molecule has 0 rings (SSSR count). The van der Waals surface area contributed by atoms with Crippen molar-refractivity contribution < 1.29 is 8.42 Å². The Labute approximate surface area is 95.8 Å². The first-order valence-electron chi connectivity index (χ1n) is 4.72. The quantitative estimate of drug-likeness (QED) is 0.787. The Hall–Kier alpha value is 0.390. The van der Waals surface area contributed by atoms with Gasteiger partial charge >= 0.3 is 0 Å². The second-order valence-electron chi connectivity index (χ2n) is 4.62. The fraction of sp³-hybridized carbons (Fsp3) is 1.00. The van der Waals surface area contributed by atoms with E-state index in [4.69, 9.17) is 0 Å². The molecule has 14 heavy (non-hydrogen) atoms. The highest BCUT2D eigenvalue weighted by Crippen LogP contribution is 2.18. The van der Waals surface area contributed by atoms with Crippen LogP contribution in [0.1, 0.15) is 34.6 Å². The van der Waals surface area contributed by atoms with Gasteiger partial charge in [0, 0.05) is 10.4 Å². The summed E-state index contributed by atoms with van der Waals surface area (Å²) in [5.74, 6) is 0.324. The van der Waals surface area contributed by atoms with E-state index in [0.29, 0.717) is 0 Å². The van der Waals surface area contributed by atoms with Gasteiger partial charge < -0.3 is 0 Å². The van der Waals surface area contributed by atoms with Crippen LogP contribution >= 0.6 is 15.9 Å². The van der Waals surface area contributed by atoms with Crippen molar-refractivity contribution in [3.63, 3.8) is 0 Å². The highest BCUT2D eigenvalue weighted by molar-refractivity contribution is 9.09. The van der Waals surface area contributed by atoms with Gasteiger partial charge in [-0.15, -0.1) is 0 Å². The van der Waals surface area contributed by atoms with Crippen molar-refractivity contribution in [1.82, 2.24) is 4.72 Å². The number of halogens is 1. The van der Waals surface area contributed by atoms with E-state index in [1.165, 1.54) is 0 Å². The molecule has 86 valence electrons. The Kier molecular flexibility index (Phi) is 5.08. The molecule has 1 atom stereocenters. The van der Waals surface area contributed by atoms with E-state index in [9.17, 15) is 8.42 Å². The first-order valence-corrected chi connectivity index (χ1v) is 7.29. The first-order chi connectivity index (χ1) is 6.07. The molecule has 0 aliphatic heterocycles. The van der Waals surface area contributed by atoms with E-state index < -0.39 is 15.6 Å². The van der Waals surface area contributed by atoms with E-state index in [1.54, 1.807) is 0 Å². The van der Waals surface area contributed by atoms with Gasteiger partial charge in [-0.25, -0.2) is 13.1 Å². The largest absolute Gasteiger partial charge is 0.212 e. The number of alkyl halides is 1. The molecule has 0 aromatic heterocycles. The monoisotopic (exact) mass is 285 g/mol. The lowest BCUT2D eigenvalue weighted by molar-refractivity contribution is 0.451. The predicted octanol–water partition coefficient (Wildman–Crippen LogP) is 2.12. The van der Waals surface area contributed by atoms with Crippen molar-refractivity contribution in [2.75, 3.05) is 5.75 Å². The Morgan fingerprint density at radius 1 is 1.29 bits per heavy atom. The molecule has 0 saturated heterocycles. The highest BCUT2D eigenvalue weighted by Gasteiger charge is 2.29. The molecule has 0 spiro atoms. The third-order valence-corrected chi connectivity index (χ3v) is 5.05. The lowest BCUT2D eigenvalue weighted by Gasteiger charge is -2.29. The van der Waals surface area contributed by atoms with Gasteiger partial charge in [0.15, 0.2) is 0 Å². The zero-order chi connectivity index (χ0) is 11.6. The third-order valence-electron chi connectivity index (χ3n) is 1.97. The zero-order valence-electron chi connectivity index (χ0n) is 9.46. The number of sulfonamides is 1. The van der Waals surface area contributed by atoms with Crippen LogP contribution in [0.3, 0.4) is 0 Å². The summed E-state index contributed by atoms with van der Waals surface area (Å²) < 4.78 is 25.9. The molecule has 1 N–H and O–H groups in total. The predicted molar refractivity (Wildman–Crippen MR) is 64.2 cm³/mol. The molecule has 0 amide bonds. The third kappa shape index (κ3) is 5.32. The molecule has 5 heteroatoms. The minimum atomic E-state index is -3.16. The standard InChI is InChI=1S/C9H20BrNO2S/c1-7(2)6-14(12,13)11-9(4,5)8(3)10/h7-8,11H,6H2,1-5H3. The van der Waals surface area contributed by atoms with Gasteiger partial charge in [-0.2, -0.15) is 0 Å². The Morgan fingerprint density at radius 3 is 2.00 bits per heavy atom. The van der Waals surface area contributed by atoms with Crippen LogP contribution in [0.2, 0.25) is 0 Å². The summed E-state index contributed by atoms with van der Waals surface area (Å²) in [5, 5.41) is 0. The average Bonchev–Trinajstić information content (AvgIpc) is 1.79. The normalized spacial score (nSPS) is 15.9. The minimum Gasteiger partial charge on any atom is -0.212 e. The van der Waals surface area contributed by atoms with Gasteiger partial charge in [-0.1, -0.05) is 36.7 Å². The smallest absolute Gasteiger partial charge is 0.212 e. The van der Waals surface area contributed by atoms with Crippen molar-refractivity contribution in [2.24, 2.45) is 5.92 Å². The molecule has 0 radical (unpaired) electrons. The molecule has 3 nitrogen and oxygen atoms in total. The number of rotatable bonds is 5. The van der Waals surface area contributed by atoms with Crippen LogP contribution in [0, 0.1) is 5.92 Å². The van der Waals surface area contributed by atoms with Gasteiger partial charge in [0.2, 0.25) is 10.0 Å². The Balaban J connectivity index is 4.52. The number of hydrogen-bond donors (Lipinski definition) is 1. The number of hydrogen-bond acceptors (Lipinski definition) is 2. The molecule has 0 aromatic rings. The van der Waals surface area contributed by atoms with E-state index in [1.807, 2.05) is 34.6 Å². The lowest BCUT2D eigenvalue weighted by atomic mass is 10.0. The molecule has 0 heterocycles. The Morgan fingerprint density at radius 2 is 1.71 bits per heavy atom. The van der Waals surface area contributed by atoms with Crippen LogP contribution < -0.4 is 4.72 Å². The lowest BCUT2D eigenvalue weighted by Crippen LogP contribution is -2.49. The van der Waals surface area contributed by atoms with Crippen molar-refractivity contribution in [3.05, 3.63) is 0 Å². The van der Waals surface area contributed by atoms with Gasteiger partial charge in [-0.3, -0.25) is 0 Å². The maximum absolute atomic E-state index is 11.6. The van der Waals surface area contributed by atoms with E-state index in [2.05, 4.69) is 20.7 Å². The summed E-state index contributed by atoms with van der Waals surface area (Å²) in [5.41, 5.74) is -0.451. The summed E-state index contributed by atoms with van der Waals surface area (Å²) in [7, 11) is -3.16. The minimum absolute atomic E-state index is 0.0944. The highest BCUT2D eigenvalue weighted by atomic mass is 79.9. The van der Waals surface area contributed by atoms with Gasteiger partial charge in [-0.05, 0) is 19.8 Å². The maximum Gasteiger partial charge on any atom is 0.212 e. The topological polar surface area (TPSA) is 46.2 Å². The summed E-state index contributed by atoms with van der Waals surface area (Å²) in [6, 6.07) is 0. The molecule has 0 aliphatic carbocycles. The van der Waals surface area contributed by atoms with Crippen molar-refractivity contribution >= 4 is 26.0 Å². The van der Waals surface area contributed by atoms with Crippen LogP contribution in [0.15, 0.2) is 0 Å². The fourth-order valence-electron chi connectivity index (χ4n) is 0.962. The summed E-state index contributed by atoms with van der Waals surface area (Å²) in [4.78, 5) is 0.0944. The summed E-state index contributed by atoms with van der Waals surface area (Å²) in [6.07, 6.45) is 0. The first kappa shape index (κ1) is 14.4. The van der Waals surface area contributed by atoms with E-state index in [0.717, 1.165) is 0 Å². The molecular formula is C9H20BrNO2S. The van der Waals surface area contributed by atoms with E-state index in [-0.39, 0.29) is 16.5 Å². The molecule has 0 saturated carbocycles. The van der Waals surface area contributed by atoms with Crippen LogP contribution in [-0.4, -0.2) is 24.5 Å². The van der Waals surface area contributed by atoms with Crippen LogP contribution in [0.5, 0.6) is 0 Å². The Bertz CT molecular complexity index is 271. The molecule has 0 aliphatic rings. The zero-order valence-corrected chi connectivity index (χ0v) is 11.9. The van der Waals surface area contributed by atoms with Crippen LogP contribution in [0.4, 0.5) is 0 Å². The second kappa shape index (κ2) is 4.94. The van der Waals surface area contributed by atoms with Crippen LogP contribution in [-0.2, 0) is 10.0 Å². The fourth-order valence-corrected chi connectivity index (χ4v) is 3.17. The average molecular weight is 286 g/mol. The van der Waals surface area contributed by atoms with Crippen LogP contribution in [0.25, 0.3) is 0 Å². The summed E-state index contributed by atoms with van der Waals surface area (Å²) >= 11 is 3.39. The van der Waals surface area contributed by atoms with Gasteiger partial charge in [0.25, 0.3) is 0 Å². The molecular weight excluding hydrogens is 266 g/mol. The van der Waals surface area contributed by atoms with Gasteiger partial charge in [0.05, 0.1) is 5.75 Å². The molecule has 1 unspecified atom stereocenters. The van der Waals surface area contributed by atoms with Crippen molar-refractivity contribution in [1.29, 1.82) is 0 Å². The molecule has 0 fully saturated rings. The van der Waals surface area contributed by atoms with Crippen molar-refractivity contribution in [2.45, 2.75) is 45.0 Å². The SMILES string of the molecule is CC(C)CS(=O)(=O)NC(C)(C)C(C)Br. The van der Waals surface area contributed by atoms with E-state index >= 15 is 0 Å². The molecule has 0 bridgehead atoms. The number of nitrogens with one attached hydrogen (secondary N) is 1. The summed E-state index contributed by atoms with van der Waals surface area (Å²) in [6.45, 7) is 9.44.